The third-order valence-corrected chi connectivity index (χ3v) is 3.03. The number of ether oxygens (including phenoxy) is 1. The van der Waals surface area contributed by atoms with E-state index in [1.165, 1.54) is 0 Å². The maximum Gasteiger partial charge on any atom is 0.334 e. The minimum atomic E-state index is -1.59. The predicted octanol–water partition coefficient (Wildman–Crippen LogP) is -0.701. The van der Waals surface area contributed by atoms with E-state index in [4.69, 9.17) is 14.9 Å². The van der Waals surface area contributed by atoms with Crippen LogP contribution in [0.1, 0.15) is 20.3 Å². The predicted molar refractivity (Wildman–Crippen MR) is 58.6 cm³/mol. The molecule has 4 N–H and O–H groups in total. The number of urea groups is 1. The van der Waals surface area contributed by atoms with Gasteiger partial charge in [0.05, 0.1) is 18.2 Å². The van der Waals surface area contributed by atoms with Crippen molar-refractivity contribution in [3.63, 3.8) is 0 Å². The topological polar surface area (TPSA) is 108 Å². The molecule has 1 aliphatic rings. The molecule has 2 amide bonds. The highest BCUT2D eigenvalue weighted by Gasteiger charge is 2.38. The number of aliphatic carboxylic acids is 1. The summed E-state index contributed by atoms with van der Waals surface area (Å²) < 4.78 is 5.35. The van der Waals surface area contributed by atoms with Crippen molar-refractivity contribution in [2.24, 2.45) is 0 Å². The minimum absolute atomic E-state index is 0.0994. The molecular formula is C10H18N2O5. The summed E-state index contributed by atoms with van der Waals surface area (Å²) in [7, 11) is 0. The summed E-state index contributed by atoms with van der Waals surface area (Å²) in [6, 6.07) is -0.509. The van der Waals surface area contributed by atoms with Crippen molar-refractivity contribution >= 4 is 12.0 Å². The molecule has 7 heteroatoms. The lowest BCUT2D eigenvalue weighted by molar-refractivity contribution is -0.146. The van der Waals surface area contributed by atoms with Gasteiger partial charge in [-0.05, 0) is 20.3 Å². The number of aliphatic hydroxyl groups is 1. The highest BCUT2D eigenvalue weighted by Crippen LogP contribution is 2.24. The lowest BCUT2D eigenvalue weighted by atomic mass is 9.95. The van der Waals surface area contributed by atoms with E-state index in [0.29, 0.717) is 13.0 Å². The van der Waals surface area contributed by atoms with Crippen molar-refractivity contribution in [3.8, 4) is 0 Å². The second-order valence-electron chi connectivity index (χ2n) is 4.37. The monoisotopic (exact) mass is 246 g/mol. The van der Waals surface area contributed by atoms with E-state index < -0.39 is 23.6 Å². The van der Waals surface area contributed by atoms with E-state index in [1.54, 1.807) is 0 Å². The third-order valence-electron chi connectivity index (χ3n) is 3.03. The fourth-order valence-corrected chi connectivity index (χ4v) is 1.58. The van der Waals surface area contributed by atoms with Crippen molar-refractivity contribution in [3.05, 3.63) is 0 Å². The molecule has 0 saturated carbocycles. The molecule has 0 aliphatic carbocycles. The minimum Gasteiger partial charge on any atom is -0.479 e. The Balaban J connectivity index is 2.37. The maximum atomic E-state index is 11.5. The standard InChI is InChI=1S/C10H18N2O5/c1-6-10(2,3-4-17-6)12-9(16)11-5-7(13)8(14)15/h6-7,13H,3-5H2,1-2H3,(H,14,15)(H2,11,12,16)/t6?,7-,10?/m0/s1. The van der Waals surface area contributed by atoms with Crippen LogP contribution in [-0.4, -0.2) is 53.1 Å². The molecule has 1 fully saturated rings. The summed E-state index contributed by atoms with van der Waals surface area (Å²) in [5, 5.41) is 22.4. The van der Waals surface area contributed by atoms with Crippen LogP contribution in [0.15, 0.2) is 0 Å². The van der Waals surface area contributed by atoms with E-state index in [2.05, 4.69) is 10.6 Å². The molecule has 0 spiro atoms. The molecule has 98 valence electrons. The molecule has 3 atom stereocenters. The van der Waals surface area contributed by atoms with Gasteiger partial charge < -0.3 is 25.6 Å². The molecular weight excluding hydrogens is 228 g/mol. The SMILES string of the molecule is CC1OCCC1(C)NC(=O)NC[C@H](O)C(=O)O. The average molecular weight is 246 g/mol. The number of carbonyl (C=O) groups is 2. The molecule has 7 nitrogen and oxygen atoms in total. The van der Waals surface area contributed by atoms with Crippen LogP contribution in [0.25, 0.3) is 0 Å². The van der Waals surface area contributed by atoms with E-state index in [1.807, 2.05) is 13.8 Å². The maximum absolute atomic E-state index is 11.5. The molecule has 17 heavy (non-hydrogen) atoms. The number of carboxylic acid groups (broad SMARTS) is 1. The Morgan fingerprint density at radius 3 is 2.71 bits per heavy atom. The number of hydrogen-bond donors (Lipinski definition) is 4. The van der Waals surface area contributed by atoms with Gasteiger partial charge in [-0.15, -0.1) is 0 Å². The Morgan fingerprint density at radius 1 is 1.59 bits per heavy atom. The van der Waals surface area contributed by atoms with Crippen LogP contribution in [0.4, 0.5) is 4.79 Å². The molecule has 0 aromatic heterocycles. The molecule has 1 rings (SSSR count). The fraction of sp³-hybridized carbons (Fsp3) is 0.800. The number of carbonyl (C=O) groups excluding carboxylic acids is 1. The van der Waals surface area contributed by atoms with Crippen molar-refractivity contribution in [1.82, 2.24) is 10.6 Å². The van der Waals surface area contributed by atoms with Gasteiger partial charge >= 0.3 is 12.0 Å². The zero-order valence-corrected chi connectivity index (χ0v) is 9.90. The smallest absolute Gasteiger partial charge is 0.334 e. The summed E-state index contributed by atoms with van der Waals surface area (Å²) in [4.78, 5) is 21.8. The largest absolute Gasteiger partial charge is 0.479 e. The van der Waals surface area contributed by atoms with Crippen LogP contribution in [0.5, 0.6) is 0 Å². The van der Waals surface area contributed by atoms with Gasteiger partial charge in [0.15, 0.2) is 6.10 Å². The normalized spacial score (nSPS) is 29.7. The van der Waals surface area contributed by atoms with Crippen LogP contribution in [0, 0.1) is 0 Å². The van der Waals surface area contributed by atoms with Crippen molar-refractivity contribution in [2.75, 3.05) is 13.2 Å². The van der Waals surface area contributed by atoms with E-state index in [-0.39, 0.29) is 12.6 Å². The summed E-state index contributed by atoms with van der Waals surface area (Å²) in [6.45, 7) is 3.97. The van der Waals surface area contributed by atoms with Crippen LogP contribution in [-0.2, 0) is 9.53 Å². The first-order valence-corrected chi connectivity index (χ1v) is 5.43. The van der Waals surface area contributed by atoms with Gasteiger partial charge in [0.25, 0.3) is 0 Å². The first-order valence-electron chi connectivity index (χ1n) is 5.43. The average Bonchev–Trinajstić information content (AvgIpc) is 2.55. The number of rotatable bonds is 4. The number of carboxylic acids is 1. The third kappa shape index (κ3) is 3.57. The Labute approximate surface area is 99.1 Å². The fourth-order valence-electron chi connectivity index (χ4n) is 1.58. The second-order valence-corrected chi connectivity index (χ2v) is 4.37. The molecule has 0 bridgehead atoms. The van der Waals surface area contributed by atoms with Gasteiger partial charge in [0.2, 0.25) is 0 Å². The molecule has 1 heterocycles. The van der Waals surface area contributed by atoms with Crippen molar-refractivity contribution in [2.45, 2.75) is 38.0 Å². The summed E-state index contributed by atoms with van der Waals surface area (Å²) in [6.07, 6.45) is -0.994. The number of amides is 2. The molecule has 2 unspecified atom stereocenters. The van der Waals surface area contributed by atoms with Crippen LogP contribution in [0.2, 0.25) is 0 Å². The molecule has 0 radical (unpaired) electrons. The second kappa shape index (κ2) is 5.33. The first kappa shape index (κ1) is 13.7. The highest BCUT2D eigenvalue weighted by atomic mass is 16.5. The van der Waals surface area contributed by atoms with Gasteiger partial charge in [-0.2, -0.15) is 0 Å². The number of nitrogens with one attached hydrogen (secondary N) is 2. The Bertz CT molecular complexity index is 309. The Hall–Kier alpha value is -1.34. The summed E-state index contributed by atoms with van der Waals surface area (Å²) >= 11 is 0. The highest BCUT2D eigenvalue weighted by molar-refractivity contribution is 5.77. The molecule has 0 aromatic carbocycles. The van der Waals surface area contributed by atoms with Crippen molar-refractivity contribution < 1.29 is 24.5 Å². The Morgan fingerprint density at radius 2 is 2.24 bits per heavy atom. The lowest BCUT2D eigenvalue weighted by Crippen LogP contribution is -2.55. The molecule has 1 saturated heterocycles. The van der Waals surface area contributed by atoms with Gasteiger partial charge in [-0.25, -0.2) is 9.59 Å². The van der Waals surface area contributed by atoms with Crippen LogP contribution >= 0.6 is 0 Å². The first-order chi connectivity index (χ1) is 7.85. The summed E-state index contributed by atoms with van der Waals surface area (Å²) in [5.41, 5.74) is -0.460. The van der Waals surface area contributed by atoms with Gasteiger partial charge in [-0.1, -0.05) is 0 Å². The quantitative estimate of drug-likeness (QED) is 0.524. The van der Waals surface area contributed by atoms with Gasteiger partial charge in [0, 0.05) is 6.61 Å². The van der Waals surface area contributed by atoms with Gasteiger partial charge in [-0.3, -0.25) is 0 Å². The van der Waals surface area contributed by atoms with Crippen LogP contribution < -0.4 is 10.6 Å². The summed E-state index contributed by atoms with van der Waals surface area (Å²) in [5.74, 6) is -1.37. The van der Waals surface area contributed by atoms with Crippen LogP contribution in [0.3, 0.4) is 0 Å². The van der Waals surface area contributed by atoms with E-state index >= 15 is 0 Å². The lowest BCUT2D eigenvalue weighted by Gasteiger charge is -2.28. The number of hydrogen-bond acceptors (Lipinski definition) is 4. The van der Waals surface area contributed by atoms with Gasteiger partial charge in [0.1, 0.15) is 0 Å². The van der Waals surface area contributed by atoms with E-state index in [9.17, 15) is 9.59 Å². The number of aliphatic hydroxyl groups excluding tert-OH is 1. The Kier molecular flexibility index (Phi) is 4.30. The zero-order chi connectivity index (χ0) is 13.1. The molecule has 1 aliphatic heterocycles. The molecule has 0 aromatic rings. The van der Waals surface area contributed by atoms with E-state index in [0.717, 1.165) is 0 Å². The zero-order valence-electron chi connectivity index (χ0n) is 9.90. The van der Waals surface area contributed by atoms with Crippen molar-refractivity contribution in [1.29, 1.82) is 0 Å².